The molecule has 7 nitrogen and oxygen atoms in total. The van der Waals surface area contributed by atoms with Gasteiger partial charge in [0.15, 0.2) is 0 Å². The first kappa shape index (κ1) is 16.9. The van der Waals surface area contributed by atoms with E-state index < -0.39 is 16.0 Å². The van der Waals surface area contributed by atoms with Gasteiger partial charge in [0.05, 0.1) is 31.4 Å². The van der Waals surface area contributed by atoms with E-state index >= 15 is 0 Å². The van der Waals surface area contributed by atoms with Crippen LogP contribution in [0.4, 0.5) is 0 Å². The predicted molar refractivity (Wildman–Crippen MR) is 73.2 cm³/mol. The molecule has 0 aromatic heterocycles. The highest BCUT2D eigenvalue weighted by Gasteiger charge is 2.23. The summed E-state index contributed by atoms with van der Waals surface area (Å²) in [6.07, 6.45) is 1.23. The summed E-state index contributed by atoms with van der Waals surface area (Å²) in [5.41, 5.74) is 0. The Bertz CT molecular complexity index is 450. The van der Waals surface area contributed by atoms with Crippen molar-refractivity contribution in [3.63, 3.8) is 0 Å². The van der Waals surface area contributed by atoms with Crippen LogP contribution in [-0.4, -0.2) is 57.3 Å². The normalized spacial score (nSPS) is 17.6. The summed E-state index contributed by atoms with van der Waals surface area (Å²) in [6.45, 7) is 3.73. The number of hydrogen-bond donors (Lipinski definition) is 1. The topological polar surface area (TPSA) is 99.5 Å². The first-order chi connectivity index (χ1) is 9.46. The molecular formula is C12H21N3O4S. The van der Waals surface area contributed by atoms with Crippen molar-refractivity contribution >= 4 is 16.0 Å². The van der Waals surface area contributed by atoms with Gasteiger partial charge < -0.3 is 4.74 Å². The van der Waals surface area contributed by atoms with Crippen LogP contribution in [0.5, 0.6) is 0 Å². The lowest BCUT2D eigenvalue weighted by molar-refractivity contribution is -0.142. The highest BCUT2D eigenvalue weighted by atomic mass is 32.2. The van der Waals surface area contributed by atoms with Crippen LogP contribution >= 0.6 is 0 Å². The quantitative estimate of drug-likeness (QED) is 0.518. The maximum absolute atomic E-state index is 11.8. The molecule has 1 aliphatic rings. The average molecular weight is 303 g/mol. The molecule has 1 rings (SSSR count). The second kappa shape index (κ2) is 8.19. The molecule has 0 spiro atoms. The van der Waals surface area contributed by atoms with Crippen molar-refractivity contribution in [3.05, 3.63) is 0 Å². The zero-order valence-corrected chi connectivity index (χ0v) is 12.5. The monoisotopic (exact) mass is 303 g/mol. The summed E-state index contributed by atoms with van der Waals surface area (Å²) in [6, 6.07) is 1.97. The molecule has 114 valence electrons. The molecule has 1 aliphatic heterocycles. The second-order valence-corrected chi connectivity index (χ2v) is 6.57. The third-order valence-electron chi connectivity index (χ3n) is 3.11. The maximum atomic E-state index is 11.8. The van der Waals surface area contributed by atoms with E-state index in [4.69, 9.17) is 10.00 Å². The number of nitrogens with zero attached hydrogens (tertiary/aromatic N) is 2. The van der Waals surface area contributed by atoms with Gasteiger partial charge in [-0.15, -0.1) is 0 Å². The fraction of sp³-hybridized carbons (Fsp3) is 0.833. The third-order valence-corrected chi connectivity index (χ3v) is 4.54. The second-order valence-electron chi connectivity index (χ2n) is 4.70. The Morgan fingerprint density at radius 1 is 1.45 bits per heavy atom. The van der Waals surface area contributed by atoms with Gasteiger partial charge in [0.2, 0.25) is 10.0 Å². The summed E-state index contributed by atoms with van der Waals surface area (Å²) in [7, 11) is -3.46. The van der Waals surface area contributed by atoms with Crippen molar-refractivity contribution < 1.29 is 17.9 Å². The molecule has 0 aromatic carbocycles. The fourth-order valence-electron chi connectivity index (χ4n) is 2.07. The van der Waals surface area contributed by atoms with E-state index in [1.807, 2.05) is 4.90 Å². The minimum atomic E-state index is -3.46. The molecule has 0 atom stereocenters. The Morgan fingerprint density at radius 2 is 2.10 bits per heavy atom. The van der Waals surface area contributed by atoms with Gasteiger partial charge in [-0.05, 0) is 19.8 Å². The Labute approximate surface area is 119 Å². The fourth-order valence-corrected chi connectivity index (χ4v) is 3.37. The molecule has 0 saturated carbocycles. The minimum absolute atomic E-state index is 0.114. The molecule has 1 fully saturated rings. The largest absolute Gasteiger partial charge is 0.466 e. The molecule has 0 amide bonds. The lowest BCUT2D eigenvalue weighted by atomic mass is 10.1. The molecule has 0 aromatic rings. The molecule has 1 saturated heterocycles. The van der Waals surface area contributed by atoms with E-state index in [1.165, 1.54) is 0 Å². The average Bonchev–Trinajstić information content (AvgIpc) is 2.39. The smallest absolute Gasteiger partial charge is 0.306 e. The zero-order valence-electron chi connectivity index (χ0n) is 11.7. The summed E-state index contributed by atoms with van der Waals surface area (Å²) < 4.78 is 31.0. The Morgan fingerprint density at radius 3 is 2.65 bits per heavy atom. The van der Waals surface area contributed by atoms with Gasteiger partial charge in [-0.25, -0.2) is 13.1 Å². The molecule has 0 unspecified atom stereocenters. The van der Waals surface area contributed by atoms with Crippen molar-refractivity contribution in [3.8, 4) is 6.07 Å². The van der Waals surface area contributed by atoms with Gasteiger partial charge in [-0.1, -0.05) is 0 Å². The first-order valence-corrected chi connectivity index (χ1v) is 8.37. The summed E-state index contributed by atoms with van der Waals surface area (Å²) in [5, 5.41) is 8.59. The maximum Gasteiger partial charge on any atom is 0.306 e. The van der Waals surface area contributed by atoms with Crippen LogP contribution in [0.1, 0.15) is 26.2 Å². The van der Waals surface area contributed by atoms with E-state index in [0.29, 0.717) is 32.5 Å². The van der Waals surface area contributed by atoms with E-state index in [0.717, 1.165) is 0 Å². The Balaban J connectivity index is 2.33. The Hall–Kier alpha value is -1.17. The van der Waals surface area contributed by atoms with Crippen LogP contribution in [0.15, 0.2) is 0 Å². The van der Waals surface area contributed by atoms with Crippen molar-refractivity contribution in [2.45, 2.75) is 32.2 Å². The number of esters is 1. The van der Waals surface area contributed by atoms with Crippen LogP contribution in [0, 0.1) is 11.3 Å². The first-order valence-electron chi connectivity index (χ1n) is 6.71. The van der Waals surface area contributed by atoms with Crippen LogP contribution < -0.4 is 4.72 Å². The number of hydrogen-bond acceptors (Lipinski definition) is 6. The minimum Gasteiger partial charge on any atom is -0.466 e. The van der Waals surface area contributed by atoms with Crippen LogP contribution in [0.25, 0.3) is 0 Å². The lowest BCUT2D eigenvalue weighted by Gasteiger charge is -2.30. The highest BCUT2D eigenvalue weighted by molar-refractivity contribution is 7.89. The van der Waals surface area contributed by atoms with Crippen molar-refractivity contribution in [2.24, 2.45) is 0 Å². The number of likely N-dealkylation sites (tertiary alicyclic amines) is 1. The molecule has 0 bridgehead atoms. The van der Waals surface area contributed by atoms with E-state index in [-0.39, 0.29) is 24.8 Å². The summed E-state index contributed by atoms with van der Waals surface area (Å²) >= 11 is 0. The van der Waals surface area contributed by atoms with Gasteiger partial charge in [0.25, 0.3) is 0 Å². The number of sulfonamides is 1. The Kier molecular flexibility index (Phi) is 6.91. The van der Waals surface area contributed by atoms with Crippen molar-refractivity contribution in [2.75, 3.05) is 32.0 Å². The zero-order chi connectivity index (χ0) is 15.0. The SMILES string of the molecule is CCOC(=O)CCS(=O)(=O)NC1CCN(CC#N)CC1. The van der Waals surface area contributed by atoms with Crippen molar-refractivity contribution in [1.29, 1.82) is 5.26 Å². The molecule has 1 N–H and O–H groups in total. The highest BCUT2D eigenvalue weighted by Crippen LogP contribution is 2.11. The van der Waals surface area contributed by atoms with Gasteiger partial charge in [0.1, 0.15) is 0 Å². The number of rotatable bonds is 7. The van der Waals surface area contributed by atoms with Gasteiger partial charge >= 0.3 is 5.97 Å². The number of carbonyl (C=O) groups excluding carboxylic acids is 1. The van der Waals surface area contributed by atoms with Crippen molar-refractivity contribution in [1.82, 2.24) is 9.62 Å². The number of ether oxygens (including phenoxy) is 1. The number of piperidine rings is 1. The summed E-state index contributed by atoms with van der Waals surface area (Å²) in [4.78, 5) is 13.1. The molecular weight excluding hydrogens is 282 g/mol. The van der Waals surface area contributed by atoms with Gasteiger partial charge in [-0.3, -0.25) is 9.69 Å². The number of nitrogens with one attached hydrogen (secondary N) is 1. The van der Waals surface area contributed by atoms with Crippen LogP contribution in [0.3, 0.4) is 0 Å². The third kappa shape index (κ3) is 6.32. The van der Waals surface area contributed by atoms with Gasteiger partial charge in [0, 0.05) is 19.1 Å². The molecule has 0 aliphatic carbocycles. The number of nitriles is 1. The summed E-state index contributed by atoms with van der Waals surface area (Å²) in [5.74, 6) is -0.744. The van der Waals surface area contributed by atoms with E-state index in [9.17, 15) is 13.2 Å². The number of carbonyl (C=O) groups is 1. The standard InChI is InChI=1S/C12H21N3O4S/c1-2-19-12(16)5-10-20(17,18)14-11-3-7-15(8-4-11)9-6-13/h11,14H,2-5,7-10H2,1H3. The lowest BCUT2D eigenvalue weighted by Crippen LogP contribution is -2.45. The molecule has 20 heavy (non-hydrogen) atoms. The van der Waals surface area contributed by atoms with Crippen LogP contribution in [-0.2, 0) is 19.6 Å². The van der Waals surface area contributed by atoms with E-state index in [1.54, 1.807) is 6.92 Å². The molecule has 1 heterocycles. The van der Waals surface area contributed by atoms with E-state index in [2.05, 4.69) is 10.8 Å². The van der Waals surface area contributed by atoms with Crippen LogP contribution in [0.2, 0.25) is 0 Å². The molecule has 8 heteroatoms. The predicted octanol–water partition coefficient (Wildman–Crippen LogP) is -0.153. The van der Waals surface area contributed by atoms with Gasteiger partial charge in [-0.2, -0.15) is 5.26 Å². The molecule has 0 radical (unpaired) electrons.